The molecule has 2 aromatic carbocycles. The van der Waals surface area contributed by atoms with Gasteiger partial charge in [-0.2, -0.15) is 0 Å². The maximum absolute atomic E-state index is 13.2. The van der Waals surface area contributed by atoms with E-state index in [0.29, 0.717) is 36.7 Å². The third-order valence-corrected chi connectivity index (χ3v) is 5.95. The minimum atomic E-state index is -0.223. The molecule has 1 heterocycles. The summed E-state index contributed by atoms with van der Waals surface area (Å²) in [7, 11) is 1.64. The van der Waals surface area contributed by atoms with E-state index in [1.807, 2.05) is 43.3 Å². The molecule has 1 atom stereocenters. The van der Waals surface area contributed by atoms with Gasteiger partial charge in [0.1, 0.15) is 17.3 Å². The van der Waals surface area contributed by atoms with E-state index in [-0.39, 0.29) is 11.6 Å². The first-order chi connectivity index (χ1) is 15.9. The summed E-state index contributed by atoms with van der Waals surface area (Å²) >= 11 is 0. The molecule has 0 bridgehead atoms. The molecule has 0 saturated heterocycles. The molecule has 0 radical (unpaired) electrons. The minimum Gasteiger partial charge on any atom is -0.496 e. The Balaban J connectivity index is 1.79. The molecule has 0 N–H and O–H groups in total. The van der Waals surface area contributed by atoms with Gasteiger partial charge in [-0.1, -0.05) is 25.1 Å². The highest BCUT2D eigenvalue weighted by Crippen LogP contribution is 2.37. The van der Waals surface area contributed by atoms with Gasteiger partial charge in [0.2, 0.25) is 0 Å². The average Bonchev–Trinajstić information content (AvgIpc) is 2.80. The molecule has 0 fully saturated rings. The molecule has 4 nitrogen and oxygen atoms in total. The smallest absolute Gasteiger partial charge is 0.163 e. The van der Waals surface area contributed by atoms with Crippen LogP contribution in [0, 0.1) is 12.7 Å². The number of halogens is 1. The fourth-order valence-electron chi connectivity index (χ4n) is 4.16. The van der Waals surface area contributed by atoms with Crippen LogP contribution in [0.4, 0.5) is 4.39 Å². The van der Waals surface area contributed by atoms with Crippen LogP contribution in [0.2, 0.25) is 0 Å². The number of ether oxygens (including phenoxy) is 2. The largest absolute Gasteiger partial charge is 0.496 e. The molecule has 0 aliphatic carbocycles. The minimum absolute atomic E-state index is 0.0241. The summed E-state index contributed by atoms with van der Waals surface area (Å²) < 4.78 is 25.1. The predicted molar refractivity (Wildman–Crippen MR) is 129 cm³/mol. The number of methoxy groups -OCH3 is 1. The lowest BCUT2D eigenvalue weighted by molar-refractivity contribution is 0.101. The van der Waals surface area contributed by atoms with Gasteiger partial charge in [0.15, 0.2) is 5.78 Å². The molecule has 0 spiro atoms. The third kappa shape index (κ3) is 6.41. The fraction of sp³-hybridized carbons (Fsp3) is 0.357. The lowest BCUT2D eigenvalue weighted by Gasteiger charge is -2.20. The van der Waals surface area contributed by atoms with Gasteiger partial charge in [0.05, 0.1) is 19.3 Å². The second-order valence-electron chi connectivity index (χ2n) is 8.40. The summed E-state index contributed by atoms with van der Waals surface area (Å²) in [5, 5.41) is 0. The van der Waals surface area contributed by atoms with Gasteiger partial charge in [0, 0.05) is 23.9 Å². The molecular formula is C28H32FNO3. The molecule has 174 valence electrons. The SMILES string of the molecule is COc1cc(C)c(C(C)=O)c(OCCc2ccccn2)c1CCCC(C)c1ccc(F)cc1. The lowest BCUT2D eigenvalue weighted by atomic mass is 9.92. The van der Waals surface area contributed by atoms with Crippen molar-refractivity contribution in [2.75, 3.05) is 13.7 Å². The number of benzene rings is 2. The van der Waals surface area contributed by atoms with Crippen LogP contribution in [0.25, 0.3) is 0 Å². The van der Waals surface area contributed by atoms with Crippen molar-refractivity contribution in [3.05, 3.63) is 88.5 Å². The Morgan fingerprint density at radius 3 is 2.52 bits per heavy atom. The van der Waals surface area contributed by atoms with Crippen LogP contribution in [0.1, 0.15) is 65.3 Å². The highest BCUT2D eigenvalue weighted by atomic mass is 19.1. The summed E-state index contributed by atoms with van der Waals surface area (Å²) in [6.07, 6.45) is 4.93. The van der Waals surface area contributed by atoms with Gasteiger partial charge < -0.3 is 9.47 Å². The first-order valence-corrected chi connectivity index (χ1v) is 11.4. The number of carbonyl (C=O) groups is 1. The Morgan fingerprint density at radius 2 is 1.88 bits per heavy atom. The molecule has 0 aliphatic heterocycles. The van der Waals surface area contributed by atoms with Gasteiger partial charge in [-0.05, 0) is 80.5 Å². The normalized spacial score (nSPS) is 11.8. The first-order valence-electron chi connectivity index (χ1n) is 11.4. The van der Waals surface area contributed by atoms with Crippen molar-refractivity contribution in [2.24, 2.45) is 0 Å². The number of hydrogen-bond acceptors (Lipinski definition) is 4. The molecule has 3 rings (SSSR count). The van der Waals surface area contributed by atoms with Crippen molar-refractivity contribution in [1.29, 1.82) is 0 Å². The van der Waals surface area contributed by atoms with Gasteiger partial charge in [-0.15, -0.1) is 0 Å². The van der Waals surface area contributed by atoms with E-state index in [4.69, 9.17) is 9.47 Å². The van der Waals surface area contributed by atoms with Gasteiger partial charge in [-0.3, -0.25) is 9.78 Å². The number of hydrogen-bond donors (Lipinski definition) is 0. The van der Waals surface area contributed by atoms with E-state index >= 15 is 0 Å². The fourth-order valence-corrected chi connectivity index (χ4v) is 4.16. The van der Waals surface area contributed by atoms with E-state index in [0.717, 1.165) is 41.0 Å². The van der Waals surface area contributed by atoms with E-state index in [2.05, 4.69) is 11.9 Å². The molecule has 0 amide bonds. The van der Waals surface area contributed by atoms with Crippen molar-refractivity contribution in [3.8, 4) is 11.5 Å². The molecule has 1 unspecified atom stereocenters. The zero-order chi connectivity index (χ0) is 23.8. The van der Waals surface area contributed by atoms with E-state index in [1.165, 1.54) is 12.1 Å². The van der Waals surface area contributed by atoms with Crippen LogP contribution >= 0.6 is 0 Å². The van der Waals surface area contributed by atoms with E-state index < -0.39 is 0 Å². The second kappa shape index (κ2) is 11.6. The molecule has 5 heteroatoms. The van der Waals surface area contributed by atoms with Gasteiger partial charge in [0.25, 0.3) is 0 Å². The summed E-state index contributed by atoms with van der Waals surface area (Å²) in [6, 6.07) is 14.4. The van der Waals surface area contributed by atoms with E-state index in [9.17, 15) is 9.18 Å². The van der Waals surface area contributed by atoms with E-state index in [1.54, 1.807) is 20.2 Å². The predicted octanol–water partition coefficient (Wildman–Crippen LogP) is 6.49. The summed E-state index contributed by atoms with van der Waals surface area (Å²) in [5.74, 6) is 1.40. The Morgan fingerprint density at radius 1 is 1.12 bits per heavy atom. The number of rotatable bonds is 11. The second-order valence-corrected chi connectivity index (χ2v) is 8.40. The van der Waals surface area contributed by atoms with Crippen LogP contribution in [-0.2, 0) is 12.8 Å². The Kier molecular flexibility index (Phi) is 8.58. The standard InChI is InChI=1S/C28H32FNO3/c1-19(22-11-13-23(29)14-12-22)8-7-10-25-26(32-4)18-20(2)27(21(3)31)28(25)33-17-15-24-9-5-6-16-30-24/h5-6,9,11-14,16,18-19H,7-8,10,15,17H2,1-4H3. The zero-order valence-electron chi connectivity index (χ0n) is 19.9. The summed E-state index contributed by atoms with van der Waals surface area (Å²) in [6.45, 7) is 6.04. The molecule has 33 heavy (non-hydrogen) atoms. The number of aromatic nitrogens is 1. The molecule has 3 aromatic rings. The van der Waals surface area contributed by atoms with Gasteiger partial charge >= 0.3 is 0 Å². The quantitative estimate of drug-likeness (QED) is 0.314. The Labute approximate surface area is 195 Å². The highest BCUT2D eigenvalue weighted by molar-refractivity contribution is 5.99. The topological polar surface area (TPSA) is 48.4 Å². The van der Waals surface area contributed by atoms with Crippen LogP contribution in [-0.4, -0.2) is 24.5 Å². The average molecular weight is 450 g/mol. The maximum atomic E-state index is 13.2. The molecular weight excluding hydrogens is 417 g/mol. The van der Waals surface area contributed by atoms with Crippen molar-refractivity contribution in [1.82, 2.24) is 4.98 Å². The van der Waals surface area contributed by atoms with Crippen LogP contribution in [0.3, 0.4) is 0 Å². The number of aryl methyl sites for hydroxylation is 1. The lowest BCUT2D eigenvalue weighted by Crippen LogP contribution is -2.11. The number of ketones is 1. The van der Waals surface area contributed by atoms with Crippen LogP contribution < -0.4 is 9.47 Å². The van der Waals surface area contributed by atoms with Crippen molar-refractivity contribution in [3.63, 3.8) is 0 Å². The van der Waals surface area contributed by atoms with Gasteiger partial charge in [-0.25, -0.2) is 4.39 Å². The molecule has 0 saturated carbocycles. The van der Waals surface area contributed by atoms with Crippen molar-refractivity contribution >= 4 is 5.78 Å². The number of Topliss-reactive ketones (excluding diaryl/α,β-unsaturated/α-hetero) is 1. The van der Waals surface area contributed by atoms with Crippen LogP contribution in [0.5, 0.6) is 11.5 Å². The van der Waals surface area contributed by atoms with Crippen molar-refractivity contribution < 1.29 is 18.7 Å². The number of nitrogens with zero attached hydrogens (tertiary/aromatic N) is 1. The summed E-state index contributed by atoms with van der Waals surface area (Å²) in [4.78, 5) is 16.9. The van der Waals surface area contributed by atoms with Crippen molar-refractivity contribution in [2.45, 2.75) is 52.4 Å². The first kappa shape index (κ1) is 24.4. The highest BCUT2D eigenvalue weighted by Gasteiger charge is 2.21. The third-order valence-electron chi connectivity index (χ3n) is 5.95. The number of pyridine rings is 1. The van der Waals surface area contributed by atoms with Crippen LogP contribution in [0.15, 0.2) is 54.7 Å². The Hall–Kier alpha value is -3.21. The maximum Gasteiger partial charge on any atom is 0.163 e. The summed E-state index contributed by atoms with van der Waals surface area (Å²) in [5.41, 5.74) is 4.43. The zero-order valence-corrected chi connectivity index (χ0v) is 19.9. The Bertz CT molecular complexity index is 1060. The molecule has 0 aliphatic rings. The number of carbonyl (C=O) groups excluding carboxylic acids is 1. The monoisotopic (exact) mass is 449 g/mol. The molecule has 1 aromatic heterocycles.